The molecule has 5 nitrogen and oxygen atoms in total. The van der Waals surface area contributed by atoms with Gasteiger partial charge < -0.3 is 15.5 Å². The zero-order chi connectivity index (χ0) is 16.2. The molecule has 1 rings (SSSR count). The van der Waals surface area contributed by atoms with Gasteiger partial charge in [-0.1, -0.05) is 6.92 Å². The maximum Gasteiger partial charge on any atom is 0.410 e. The average molecular weight is 295 g/mol. The van der Waals surface area contributed by atoms with Crippen LogP contribution in [0.3, 0.4) is 0 Å². The van der Waals surface area contributed by atoms with Crippen molar-refractivity contribution in [3.8, 4) is 0 Å². The SMILES string of the molecule is CN/C(=C\C(C)=N)[C@H]1CC[C@H](C)CN1C(=O)OC(C)(C)C. The van der Waals surface area contributed by atoms with E-state index in [-0.39, 0.29) is 12.1 Å². The van der Waals surface area contributed by atoms with Crippen molar-refractivity contribution in [1.29, 1.82) is 5.41 Å². The van der Waals surface area contributed by atoms with Crippen molar-refractivity contribution in [2.45, 2.75) is 59.1 Å². The summed E-state index contributed by atoms with van der Waals surface area (Å²) >= 11 is 0. The lowest BCUT2D eigenvalue weighted by molar-refractivity contribution is 0.00795. The van der Waals surface area contributed by atoms with Crippen molar-refractivity contribution < 1.29 is 9.53 Å². The highest BCUT2D eigenvalue weighted by molar-refractivity contribution is 5.90. The van der Waals surface area contributed by atoms with E-state index in [2.05, 4.69) is 12.2 Å². The number of likely N-dealkylation sites (tertiary alicyclic amines) is 1. The Morgan fingerprint density at radius 2 is 2.00 bits per heavy atom. The van der Waals surface area contributed by atoms with Gasteiger partial charge in [-0.15, -0.1) is 0 Å². The molecule has 0 spiro atoms. The highest BCUT2D eigenvalue weighted by Gasteiger charge is 2.34. The summed E-state index contributed by atoms with van der Waals surface area (Å²) in [5.74, 6) is 0.466. The van der Waals surface area contributed by atoms with Gasteiger partial charge in [0, 0.05) is 25.0 Å². The molecular weight excluding hydrogens is 266 g/mol. The van der Waals surface area contributed by atoms with Gasteiger partial charge >= 0.3 is 6.09 Å². The number of likely N-dealkylation sites (N-methyl/N-ethyl adjacent to an activating group) is 1. The molecule has 120 valence electrons. The average Bonchev–Trinajstić information content (AvgIpc) is 2.33. The van der Waals surface area contributed by atoms with Crippen LogP contribution >= 0.6 is 0 Å². The molecule has 0 aliphatic carbocycles. The molecule has 0 radical (unpaired) electrons. The number of piperidine rings is 1. The van der Waals surface area contributed by atoms with Gasteiger partial charge in [0.1, 0.15) is 5.60 Å². The molecule has 0 aromatic rings. The number of amides is 1. The smallest absolute Gasteiger partial charge is 0.410 e. The Balaban J connectivity index is 2.98. The molecule has 0 bridgehead atoms. The number of allylic oxidation sites excluding steroid dienone is 1. The summed E-state index contributed by atoms with van der Waals surface area (Å²) in [5.41, 5.74) is 0.880. The molecule has 1 aliphatic rings. The van der Waals surface area contributed by atoms with Crippen LogP contribution < -0.4 is 5.32 Å². The Hall–Kier alpha value is -1.52. The fraction of sp³-hybridized carbons (Fsp3) is 0.750. The lowest BCUT2D eigenvalue weighted by Gasteiger charge is -2.40. The number of ether oxygens (including phenoxy) is 1. The normalized spacial score (nSPS) is 23.7. The summed E-state index contributed by atoms with van der Waals surface area (Å²) in [6.07, 6.45) is 3.47. The van der Waals surface area contributed by atoms with E-state index in [0.29, 0.717) is 18.2 Å². The van der Waals surface area contributed by atoms with E-state index in [9.17, 15) is 4.79 Å². The number of carbonyl (C=O) groups excluding carboxylic acids is 1. The molecular formula is C16H29N3O2. The summed E-state index contributed by atoms with van der Waals surface area (Å²) in [6, 6.07) is -0.0404. The number of rotatable bonds is 3. The molecule has 2 atom stereocenters. The van der Waals surface area contributed by atoms with Crippen LogP contribution in [0, 0.1) is 11.3 Å². The van der Waals surface area contributed by atoms with Crippen LogP contribution in [0.15, 0.2) is 11.8 Å². The second kappa shape index (κ2) is 6.96. The molecule has 1 fully saturated rings. The molecule has 1 amide bonds. The Kier molecular flexibility index (Phi) is 5.81. The van der Waals surface area contributed by atoms with Gasteiger partial charge in [0.25, 0.3) is 0 Å². The topological polar surface area (TPSA) is 65.4 Å². The van der Waals surface area contributed by atoms with Crippen molar-refractivity contribution in [2.24, 2.45) is 5.92 Å². The zero-order valence-corrected chi connectivity index (χ0v) is 14.1. The van der Waals surface area contributed by atoms with Gasteiger partial charge in [-0.25, -0.2) is 4.79 Å². The Morgan fingerprint density at radius 3 is 2.48 bits per heavy atom. The molecule has 0 aromatic carbocycles. The molecule has 0 unspecified atom stereocenters. The third-order valence-electron chi connectivity index (χ3n) is 3.47. The first-order valence-electron chi connectivity index (χ1n) is 7.58. The maximum atomic E-state index is 12.5. The zero-order valence-electron chi connectivity index (χ0n) is 14.1. The van der Waals surface area contributed by atoms with Crippen LogP contribution in [-0.4, -0.2) is 41.9 Å². The van der Waals surface area contributed by atoms with E-state index in [1.165, 1.54) is 0 Å². The number of hydrogen-bond donors (Lipinski definition) is 2. The fourth-order valence-electron chi connectivity index (χ4n) is 2.57. The largest absolute Gasteiger partial charge is 0.444 e. The summed E-state index contributed by atoms with van der Waals surface area (Å²) in [6.45, 7) is 10.2. The summed E-state index contributed by atoms with van der Waals surface area (Å²) in [7, 11) is 1.83. The molecule has 0 saturated carbocycles. The van der Waals surface area contributed by atoms with Crippen LogP contribution in [0.2, 0.25) is 0 Å². The van der Waals surface area contributed by atoms with Gasteiger partial charge in [0.05, 0.1) is 6.04 Å². The number of hydrogen-bond acceptors (Lipinski definition) is 4. The maximum absolute atomic E-state index is 12.5. The molecule has 1 heterocycles. The first-order valence-corrected chi connectivity index (χ1v) is 7.58. The molecule has 21 heavy (non-hydrogen) atoms. The van der Waals surface area contributed by atoms with Crippen LogP contribution in [0.4, 0.5) is 4.79 Å². The first-order chi connectivity index (χ1) is 9.64. The minimum Gasteiger partial charge on any atom is -0.444 e. The second-order valence-corrected chi connectivity index (χ2v) is 6.86. The van der Waals surface area contributed by atoms with E-state index in [0.717, 1.165) is 18.5 Å². The van der Waals surface area contributed by atoms with Crippen molar-refractivity contribution >= 4 is 11.8 Å². The first kappa shape index (κ1) is 17.5. The van der Waals surface area contributed by atoms with E-state index < -0.39 is 5.60 Å². The van der Waals surface area contributed by atoms with E-state index in [1.54, 1.807) is 17.9 Å². The number of nitrogens with one attached hydrogen (secondary N) is 2. The third kappa shape index (κ3) is 5.40. The van der Waals surface area contributed by atoms with Crippen LogP contribution in [0.5, 0.6) is 0 Å². The van der Waals surface area contributed by atoms with E-state index in [4.69, 9.17) is 10.1 Å². The Labute approximate surface area is 128 Å². The van der Waals surface area contributed by atoms with Gasteiger partial charge in [-0.3, -0.25) is 4.90 Å². The molecule has 1 saturated heterocycles. The van der Waals surface area contributed by atoms with E-state index >= 15 is 0 Å². The van der Waals surface area contributed by atoms with E-state index in [1.807, 2.05) is 27.8 Å². The van der Waals surface area contributed by atoms with Gasteiger partial charge in [0.15, 0.2) is 0 Å². The third-order valence-corrected chi connectivity index (χ3v) is 3.47. The van der Waals surface area contributed by atoms with Crippen molar-refractivity contribution in [3.63, 3.8) is 0 Å². The standard InChI is InChI=1S/C16H29N3O2/c1-11-7-8-14(13(18-6)9-12(2)17)19(10-11)15(20)21-16(3,4)5/h9,11,14,17-18H,7-8,10H2,1-6H3/b13-9-,17-12?/t11-,14+/m0/s1. The number of nitrogens with zero attached hydrogens (tertiary/aromatic N) is 1. The highest BCUT2D eigenvalue weighted by atomic mass is 16.6. The van der Waals surface area contributed by atoms with Gasteiger partial charge in [-0.2, -0.15) is 0 Å². The predicted octanol–water partition coefficient (Wildman–Crippen LogP) is 3.16. The fourth-order valence-corrected chi connectivity index (χ4v) is 2.57. The van der Waals surface area contributed by atoms with Crippen molar-refractivity contribution in [2.75, 3.05) is 13.6 Å². The monoisotopic (exact) mass is 295 g/mol. The predicted molar refractivity (Wildman–Crippen MR) is 85.7 cm³/mol. The highest BCUT2D eigenvalue weighted by Crippen LogP contribution is 2.27. The Morgan fingerprint density at radius 1 is 1.38 bits per heavy atom. The molecule has 2 N–H and O–H groups in total. The molecule has 1 aliphatic heterocycles. The van der Waals surface area contributed by atoms with Crippen LogP contribution in [-0.2, 0) is 4.74 Å². The minimum atomic E-state index is -0.497. The minimum absolute atomic E-state index is 0.0404. The lowest BCUT2D eigenvalue weighted by atomic mass is 9.92. The Bertz CT molecular complexity index is 424. The van der Waals surface area contributed by atoms with Gasteiger partial charge in [0.2, 0.25) is 0 Å². The summed E-state index contributed by atoms with van der Waals surface area (Å²) < 4.78 is 5.53. The van der Waals surface area contributed by atoms with Gasteiger partial charge in [-0.05, 0) is 52.5 Å². The second-order valence-electron chi connectivity index (χ2n) is 6.86. The van der Waals surface area contributed by atoms with Crippen molar-refractivity contribution in [1.82, 2.24) is 10.2 Å². The lowest BCUT2D eigenvalue weighted by Crippen LogP contribution is -2.50. The van der Waals surface area contributed by atoms with Crippen LogP contribution in [0.25, 0.3) is 0 Å². The van der Waals surface area contributed by atoms with Crippen LogP contribution in [0.1, 0.15) is 47.5 Å². The molecule has 0 aromatic heterocycles. The van der Waals surface area contributed by atoms with Crippen molar-refractivity contribution in [3.05, 3.63) is 11.8 Å². The quantitative estimate of drug-likeness (QED) is 0.786. The number of carbonyl (C=O) groups is 1. The summed E-state index contributed by atoms with van der Waals surface area (Å²) in [4.78, 5) is 14.3. The molecule has 5 heteroatoms. The summed E-state index contributed by atoms with van der Waals surface area (Å²) in [5, 5.41) is 10.8.